The van der Waals surface area contributed by atoms with Crippen LogP contribution in [0, 0.1) is 10.1 Å². The fourth-order valence-electron chi connectivity index (χ4n) is 3.36. The Balaban J connectivity index is 1.82. The summed E-state index contributed by atoms with van der Waals surface area (Å²) in [5.74, 6) is -0.361. The van der Waals surface area contributed by atoms with E-state index < -0.39 is 4.92 Å². The second-order valence-electron chi connectivity index (χ2n) is 6.42. The number of rotatable bonds is 8. The van der Waals surface area contributed by atoms with E-state index in [1.165, 1.54) is 12.1 Å². The predicted molar refractivity (Wildman–Crippen MR) is 107 cm³/mol. The molecular formula is C20H23N5O3. The largest absolute Gasteiger partial charge is 0.349 e. The Bertz CT molecular complexity index is 966. The number of hydrogen-bond donors (Lipinski definition) is 2. The van der Waals surface area contributed by atoms with Crippen molar-refractivity contribution in [2.45, 2.75) is 19.9 Å². The number of nitrogens with zero attached hydrogens (tertiary/aromatic N) is 3. The van der Waals surface area contributed by atoms with Crippen LogP contribution < -0.4 is 5.32 Å². The summed E-state index contributed by atoms with van der Waals surface area (Å²) in [6.45, 7) is 6.28. The first kappa shape index (κ1) is 19.5. The molecule has 0 bridgehead atoms. The van der Waals surface area contributed by atoms with Gasteiger partial charge in [-0.2, -0.15) is 5.10 Å². The van der Waals surface area contributed by atoms with Gasteiger partial charge in [-0.05, 0) is 24.7 Å². The molecule has 0 saturated carbocycles. The summed E-state index contributed by atoms with van der Waals surface area (Å²) in [7, 11) is 0. The Kier molecular flexibility index (Phi) is 6.00. The van der Waals surface area contributed by atoms with E-state index in [4.69, 9.17) is 0 Å². The number of carbonyl (C=O) groups is 1. The summed E-state index contributed by atoms with van der Waals surface area (Å²) in [5, 5.41) is 21.2. The molecule has 3 aromatic rings. The maximum absolute atomic E-state index is 12.8. The molecular weight excluding hydrogens is 358 g/mol. The Hall–Kier alpha value is -3.26. The monoisotopic (exact) mass is 381 g/mol. The van der Waals surface area contributed by atoms with Crippen LogP contribution in [0.2, 0.25) is 0 Å². The summed E-state index contributed by atoms with van der Waals surface area (Å²) >= 11 is 0. The highest BCUT2D eigenvalue weighted by atomic mass is 16.6. The molecule has 0 spiro atoms. The van der Waals surface area contributed by atoms with Gasteiger partial charge in [0.05, 0.1) is 16.5 Å². The quantitative estimate of drug-likeness (QED) is 0.460. The summed E-state index contributed by atoms with van der Waals surface area (Å²) in [4.78, 5) is 25.6. The Morgan fingerprint density at radius 2 is 1.93 bits per heavy atom. The average Bonchev–Trinajstić information content (AvgIpc) is 3.14. The van der Waals surface area contributed by atoms with Crippen molar-refractivity contribution in [3.05, 3.63) is 69.9 Å². The number of nitro groups is 1. The summed E-state index contributed by atoms with van der Waals surface area (Å²) in [6, 6.07) is 14.3. The van der Waals surface area contributed by atoms with Gasteiger partial charge in [0.25, 0.3) is 11.6 Å². The van der Waals surface area contributed by atoms with Crippen molar-refractivity contribution in [3.8, 4) is 0 Å². The van der Waals surface area contributed by atoms with E-state index >= 15 is 0 Å². The Labute approximate surface area is 162 Å². The lowest BCUT2D eigenvalue weighted by molar-refractivity contribution is -0.384. The number of carbonyl (C=O) groups excluding carboxylic acids is 1. The number of likely N-dealkylation sites (N-methyl/N-ethyl adjacent to an activating group) is 1. The summed E-state index contributed by atoms with van der Waals surface area (Å²) in [6.07, 6.45) is 0. The molecule has 1 heterocycles. The normalized spacial score (nSPS) is 12.2. The van der Waals surface area contributed by atoms with Crippen molar-refractivity contribution < 1.29 is 9.72 Å². The van der Waals surface area contributed by atoms with Crippen LogP contribution in [0.25, 0.3) is 10.9 Å². The minimum Gasteiger partial charge on any atom is -0.349 e. The van der Waals surface area contributed by atoms with Crippen LogP contribution in [-0.4, -0.2) is 45.6 Å². The minimum absolute atomic E-state index is 0.0275. The third kappa shape index (κ3) is 4.01. The zero-order chi connectivity index (χ0) is 20.1. The van der Waals surface area contributed by atoms with Gasteiger partial charge in [0.2, 0.25) is 0 Å². The Morgan fingerprint density at radius 3 is 2.57 bits per heavy atom. The first-order valence-corrected chi connectivity index (χ1v) is 9.24. The fourth-order valence-corrected chi connectivity index (χ4v) is 3.36. The molecule has 28 heavy (non-hydrogen) atoms. The predicted octanol–water partition coefficient (Wildman–Crippen LogP) is 3.28. The van der Waals surface area contributed by atoms with Crippen LogP contribution in [0.1, 0.15) is 35.9 Å². The van der Waals surface area contributed by atoms with Gasteiger partial charge in [0.1, 0.15) is 0 Å². The number of aromatic amines is 1. The molecule has 3 rings (SSSR count). The fraction of sp³-hybridized carbons (Fsp3) is 0.300. The number of fused-ring (bicyclic) bond motifs is 1. The van der Waals surface area contributed by atoms with Gasteiger partial charge in [0, 0.05) is 24.1 Å². The van der Waals surface area contributed by atoms with Gasteiger partial charge in [-0.3, -0.25) is 24.9 Å². The van der Waals surface area contributed by atoms with E-state index in [-0.39, 0.29) is 23.3 Å². The maximum atomic E-state index is 12.8. The smallest absolute Gasteiger partial charge is 0.272 e. The second kappa shape index (κ2) is 8.62. The summed E-state index contributed by atoms with van der Waals surface area (Å²) in [5.41, 5.74) is 1.78. The minimum atomic E-state index is -0.486. The van der Waals surface area contributed by atoms with E-state index in [0.29, 0.717) is 17.4 Å². The maximum Gasteiger partial charge on any atom is 0.272 e. The molecule has 0 radical (unpaired) electrons. The lowest BCUT2D eigenvalue weighted by atomic mass is 10.0. The number of nitro benzene ring substituents is 1. The van der Waals surface area contributed by atoms with Crippen molar-refractivity contribution >= 4 is 22.5 Å². The first-order valence-electron chi connectivity index (χ1n) is 9.24. The van der Waals surface area contributed by atoms with Gasteiger partial charge in [0.15, 0.2) is 5.69 Å². The highest BCUT2D eigenvalue weighted by molar-refractivity contribution is 6.05. The molecule has 0 aliphatic carbocycles. The van der Waals surface area contributed by atoms with Crippen LogP contribution in [0.4, 0.5) is 5.69 Å². The molecule has 0 saturated heterocycles. The molecule has 146 valence electrons. The molecule has 8 nitrogen and oxygen atoms in total. The molecule has 0 fully saturated rings. The molecule has 0 aliphatic rings. The number of aromatic nitrogens is 2. The average molecular weight is 381 g/mol. The van der Waals surface area contributed by atoms with Gasteiger partial charge in [-0.1, -0.05) is 44.2 Å². The second-order valence-corrected chi connectivity index (χ2v) is 6.42. The molecule has 1 atom stereocenters. The molecule has 1 amide bonds. The van der Waals surface area contributed by atoms with E-state index in [1.54, 1.807) is 6.07 Å². The van der Waals surface area contributed by atoms with Gasteiger partial charge in [-0.15, -0.1) is 0 Å². The van der Waals surface area contributed by atoms with Crippen molar-refractivity contribution in [1.82, 2.24) is 20.4 Å². The van der Waals surface area contributed by atoms with E-state index in [0.717, 1.165) is 18.7 Å². The van der Waals surface area contributed by atoms with Crippen LogP contribution in [0.15, 0.2) is 48.5 Å². The number of hydrogen-bond acceptors (Lipinski definition) is 5. The van der Waals surface area contributed by atoms with E-state index in [2.05, 4.69) is 34.3 Å². The molecule has 1 unspecified atom stereocenters. The summed E-state index contributed by atoms with van der Waals surface area (Å²) < 4.78 is 0. The van der Waals surface area contributed by atoms with Crippen LogP contribution >= 0.6 is 0 Å². The van der Waals surface area contributed by atoms with Gasteiger partial charge < -0.3 is 5.32 Å². The Morgan fingerprint density at radius 1 is 1.21 bits per heavy atom. The number of benzene rings is 2. The van der Waals surface area contributed by atoms with Crippen LogP contribution in [0.3, 0.4) is 0 Å². The highest BCUT2D eigenvalue weighted by Crippen LogP contribution is 2.23. The van der Waals surface area contributed by atoms with E-state index in [1.807, 2.05) is 30.3 Å². The topological polar surface area (TPSA) is 104 Å². The van der Waals surface area contributed by atoms with Crippen LogP contribution in [-0.2, 0) is 0 Å². The van der Waals surface area contributed by atoms with Gasteiger partial charge >= 0.3 is 0 Å². The SMILES string of the molecule is CCN(CC)C(CNC(=O)c1n[nH]c2ccc([N+](=O)[O-])cc12)c1ccccc1. The lowest BCUT2D eigenvalue weighted by Gasteiger charge is -2.30. The number of non-ortho nitro benzene ring substituents is 1. The zero-order valence-corrected chi connectivity index (χ0v) is 15.9. The first-order chi connectivity index (χ1) is 13.5. The van der Waals surface area contributed by atoms with Crippen molar-refractivity contribution in [3.63, 3.8) is 0 Å². The molecule has 2 N–H and O–H groups in total. The molecule has 0 aliphatic heterocycles. The number of nitrogens with one attached hydrogen (secondary N) is 2. The molecule has 1 aromatic heterocycles. The lowest BCUT2D eigenvalue weighted by Crippen LogP contribution is -2.38. The molecule has 2 aromatic carbocycles. The van der Waals surface area contributed by atoms with Gasteiger partial charge in [-0.25, -0.2) is 0 Å². The van der Waals surface area contributed by atoms with E-state index in [9.17, 15) is 14.9 Å². The molecule has 8 heteroatoms. The highest BCUT2D eigenvalue weighted by Gasteiger charge is 2.21. The zero-order valence-electron chi connectivity index (χ0n) is 15.9. The van der Waals surface area contributed by atoms with Crippen molar-refractivity contribution in [2.24, 2.45) is 0 Å². The van der Waals surface area contributed by atoms with Crippen molar-refractivity contribution in [2.75, 3.05) is 19.6 Å². The number of H-pyrrole nitrogens is 1. The third-order valence-electron chi connectivity index (χ3n) is 4.87. The standard InChI is InChI=1S/C20H23N5O3/c1-3-24(4-2)18(14-8-6-5-7-9-14)13-21-20(26)19-16-12-15(25(27)28)10-11-17(16)22-23-19/h5-12,18H,3-4,13H2,1-2H3,(H,21,26)(H,22,23). The third-order valence-corrected chi connectivity index (χ3v) is 4.87. The van der Waals surface area contributed by atoms with Crippen LogP contribution in [0.5, 0.6) is 0 Å². The van der Waals surface area contributed by atoms with Crippen molar-refractivity contribution in [1.29, 1.82) is 0 Å². The number of amides is 1.